The highest BCUT2D eigenvalue weighted by Gasteiger charge is 2.33. The lowest BCUT2D eigenvalue weighted by atomic mass is 10.1. The fraction of sp³-hybridized carbons (Fsp3) is 0.333. The minimum absolute atomic E-state index is 0.0204. The summed E-state index contributed by atoms with van der Waals surface area (Å²) in [4.78, 5) is 19.2. The van der Waals surface area contributed by atoms with Gasteiger partial charge in [0.05, 0.1) is 10.2 Å². The van der Waals surface area contributed by atoms with Crippen LogP contribution < -0.4 is 14.2 Å². The molecule has 3 aromatic rings. The summed E-state index contributed by atoms with van der Waals surface area (Å²) in [7, 11) is 0. The summed E-state index contributed by atoms with van der Waals surface area (Å²) in [5, 5.41) is 0.701. The fourth-order valence-corrected chi connectivity index (χ4v) is 4.46. The predicted octanol–water partition coefficient (Wildman–Crippen LogP) is 3.51. The summed E-state index contributed by atoms with van der Waals surface area (Å²) in [6.07, 6.45) is 1.06. The SMILES string of the molecule is O=C(C1COc2ccccc2O1)N1CCC(Oc2nc3ccccc3s2)CC1. The molecule has 28 heavy (non-hydrogen) atoms. The first-order valence-corrected chi connectivity index (χ1v) is 10.3. The normalized spacial score (nSPS) is 19.6. The summed E-state index contributed by atoms with van der Waals surface area (Å²) >= 11 is 1.56. The van der Waals surface area contributed by atoms with Gasteiger partial charge < -0.3 is 19.1 Å². The Bertz CT molecular complexity index is 964. The fourth-order valence-electron chi connectivity index (χ4n) is 3.58. The Morgan fingerprint density at radius 2 is 1.82 bits per heavy atom. The second-order valence-corrected chi connectivity index (χ2v) is 7.95. The van der Waals surface area contributed by atoms with Gasteiger partial charge >= 0.3 is 0 Å². The zero-order valence-corrected chi connectivity index (χ0v) is 16.1. The van der Waals surface area contributed by atoms with E-state index in [1.807, 2.05) is 53.4 Å². The van der Waals surface area contributed by atoms with Crippen molar-refractivity contribution in [3.05, 3.63) is 48.5 Å². The number of fused-ring (bicyclic) bond motifs is 2. The molecule has 0 N–H and O–H groups in total. The van der Waals surface area contributed by atoms with E-state index in [0.29, 0.717) is 29.8 Å². The van der Waals surface area contributed by atoms with Crippen molar-refractivity contribution in [2.75, 3.05) is 19.7 Å². The van der Waals surface area contributed by atoms with E-state index in [0.717, 1.165) is 23.1 Å². The number of nitrogens with zero attached hydrogens (tertiary/aromatic N) is 2. The quantitative estimate of drug-likeness (QED) is 0.678. The minimum Gasteiger partial charge on any atom is -0.485 e. The van der Waals surface area contributed by atoms with E-state index in [-0.39, 0.29) is 18.6 Å². The van der Waals surface area contributed by atoms with Gasteiger partial charge in [0, 0.05) is 25.9 Å². The number of carbonyl (C=O) groups excluding carboxylic acids is 1. The molecule has 0 bridgehead atoms. The average molecular weight is 396 g/mol. The van der Waals surface area contributed by atoms with E-state index in [1.54, 1.807) is 11.3 Å². The van der Waals surface area contributed by atoms with Crippen LogP contribution in [0.15, 0.2) is 48.5 Å². The van der Waals surface area contributed by atoms with Crippen molar-refractivity contribution in [1.29, 1.82) is 0 Å². The Morgan fingerprint density at radius 1 is 1.07 bits per heavy atom. The van der Waals surface area contributed by atoms with Crippen molar-refractivity contribution < 1.29 is 19.0 Å². The van der Waals surface area contributed by atoms with E-state index < -0.39 is 6.10 Å². The molecule has 144 valence electrons. The van der Waals surface area contributed by atoms with Gasteiger partial charge in [-0.25, -0.2) is 4.98 Å². The zero-order chi connectivity index (χ0) is 18.9. The number of para-hydroxylation sites is 3. The molecule has 0 spiro atoms. The molecule has 5 rings (SSSR count). The second-order valence-electron chi connectivity index (χ2n) is 6.95. The first kappa shape index (κ1) is 17.3. The van der Waals surface area contributed by atoms with Crippen molar-refractivity contribution in [2.24, 2.45) is 0 Å². The molecular formula is C21H20N2O4S. The Hall–Kier alpha value is -2.80. The number of hydrogen-bond donors (Lipinski definition) is 0. The van der Waals surface area contributed by atoms with Gasteiger partial charge in [0.25, 0.3) is 11.1 Å². The molecule has 1 unspecified atom stereocenters. The van der Waals surface area contributed by atoms with Gasteiger partial charge in [-0.2, -0.15) is 0 Å². The highest BCUT2D eigenvalue weighted by atomic mass is 32.1. The van der Waals surface area contributed by atoms with E-state index in [9.17, 15) is 4.79 Å². The molecule has 0 radical (unpaired) electrons. The second kappa shape index (κ2) is 7.31. The zero-order valence-electron chi connectivity index (χ0n) is 15.2. The van der Waals surface area contributed by atoms with Crippen LogP contribution in [0.5, 0.6) is 16.7 Å². The summed E-state index contributed by atoms with van der Waals surface area (Å²) in [5.41, 5.74) is 0.963. The number of likely N-dealkylation sites (tertiary alicyclic amines) is 1. The maximum Gasteiger partial charge on any atom is 0.274 e. The smallest absolute Gasteiger partial charge is 0.274 e. The molecule has 0 aliphatic carbocycles. The standard InChI is InChI=1S/C21H20N2O4S/c24-20(18-13-25-16-6-2-3-7-17(16)27-18)23-11-9-14(10-12-23)26-21-22-15-5-1-4-8-19(15)28-21/h1-8,14,18H,9-13H2. The maximum atomic E-state index is 12.8. The number of piperidine rings is 1. The lowest BCUT2D eigenvalue weighted by Gasteiger charge is -2.35. The van der Waals surface area contributed by atoms with Crippen LogP contribution in [0.4, 0.5) is 0 Å². The number of ether oxygens (including phenoxy) is 3. The number of hydrogen-bond acceptors (Lipinski definition) is 6. The maximum absolute atomic E-state index is 12.8. The molecule has 7 heteroatoms. The van der Waals surface area contributed by atoms with Gasteiger partial charge in [0.2, 0.25) is 6.10 Å². The number of amides is 1. The third-order valence-corrected chi connectivity index (χ3v) is 6.01. The summed E-state index contributed by atoms with van der Waals surface area (Å²) in [5.74, 6) is 1.29. The molecule has 1 saturated heterocycles. The van der Waals surface area contributed by atoms with Crippen LogP contribution in [0.25, 0.3) is 10.2 Å². The van der Waals surface area contributed by atoms with Crippen LogP contribution in [-0.2, 0) is 4.79 Å². The number of thiazole rings is 1. The topological polar surface area (TPSA) is 60.9 Å². The Labute approximate surface area is 166 Å². The Balaban J connectivity index is 1.17. The Kier molecular flexibility index (Phi) is 4.52. The molecule has 2 aliphatic heterocycles. The van der Waals surface area contributed by atoms with E-state index in [4.69, 9.17) is 14.2 Å². The third kappa shape index (κ3) is 3.38. The van der Waals surface area contributed by atoms with Gasteiger partial charge in [-0.05, 0) is 24.3 Å². The van der Waals surface area contributed by atoms with Crippen molar-refractivity contribution in [2.45, 2.75) is 25.0 Å². The van der Waals surface area contributed by atoms with Crippen LogP contribution in [-0.4, -0.2) is 47.7 Å². The molecule has 1 atom stereocenters. The minimum atomic E-state index is -0.586. The molecule has 2 aromatic carbocycles. The predicted molar refractivity (Wildman–Crippen MR) is 106 cm³/mol. The van der Waals surface area contributed by atoms with Crippen LogP contribution in [0, 0.1) is 0 Å². The Morgan fingerprint density at radius 3 is 2.64 bits per heavy atom. The van der Waals surface area contributed by atoms with Crippen molar-refractivity contribution in [3.8, 4) is 16.7 Å². The van der Waals surface area contributed by atoms with Crippen molar-refractivity contribution in [1.82, 2.24) is 9.88 Å². The molecule has 1 amide bonds. The van der Waals surface area contributed by atoms with Gasteiger partial charge in [-0.3, -0.25) is 4.79 Å². The molecule has 1 aromatic heterocycles. The molecule has 0 saturated carbocycles. The lowest BCUT2D eigenvalue weighted by molar-refractivity contribution is -0.143. The van der Waals surface area contributed by atoms with Crippen LogP contribution in [0.1, 0.15) is 12.8 Å². The number of benzene rings is 2. The molecular weight excluding hydrogens is 376 g/mol. The highest BCUT2D eigenvalue weighted by Crippen LogP contribution is 2.32. The third-order valence-electron chi connectivity index (χ3n) is 5.08. The molecule has 2 aliphatic rings. The van der Waals surface area contributed by atoms with Crippen LogP contribution >= 0.6 is 11.3 Å². The van der Waals surface area contributed by atoms with Crippen LogP contribution in [0.2, 0.25) is 0 Å². The van der Waals surface area contributed by atoms with Crippen LogP contribution in [0.3, 0.4) is 0 Å². The monoisotopic (exact) mass is 396 g/mol. The summed E-state index contributed by atoms with van der Waals surface area (Å²) in [6, 6.07) is 15.5. The molecule has 3 heterocycles. The van der Waals surface area contributed by atoms with Gasteiger partial charge in [0.1, 0.15) is 12.7 Å². The van der Waals surface area contributed by atoms with Crippen molar-refractivity contribution >= 4 is 27.5 Å². The van der Waals surface area contributed by atoms with E-state index in [1.165, 1.54) is 0 Å². The largest absolute Gasteiger partial charge is 0.485 e. The molecule has 6 nitrogen and oxygen atoms in total. The van der Waals surface area contributed by atoms with Gasteiger partial charge in [-0.15, -0.1) is 0 Å². The first-order chi connectivity index (χ1) is 13.8. The van der Waals surface area contributed by atoms with Gasteiger partial charge in [-0.1, -0.05) is 35.6 Å². The summed E-state index contributed by atoms with van der Waals surface area (Å²) in [6.45, 7) is 1.55. The first-order valence-electron chi connectivity index (χ1n) is 9.46. The van der Waals surface area contributed by atoms with Gasteiger partial charge in [0.15, 0.2) is 11.5 Å². The van der Waals surface area contributed by atoms with Crippen molar-refractivity contribution in [3.63, 3.8) is 0 Å². The average Bonchev–Trinajstić information content (AvgIpc) is 3.16. The number of aromatic nitrogens is 1. The van der Waals surface area contributed by atoms with E-state index >= 15 is 0 Å². The number of rotatable bonds is 3. The summed E-state index contributed by atoms with van der Waals surface area (Å²) < 4.78 is 18.7. The number of carbonyl (C=O) groups is 1. The molecule has 1 fully saturated rings. The highest BCUT2D eigenvalue weighted by molar-refractivity contribution is 7.20. The lowest BCUT2D eigenvalue weighted by Crippen LogP contribution is -2.50. The van der Waals surface area contributed by atoms with E-state index in [2.05, 4.69) is 4.98 Å².